The van der Waals surface area contributed by atoms with Crippen molar-refractivity contribution in [3.63, 3.8) is 0 Å². The molecule has 8 rings (SSSR count). The monoisotopic (exact) mass is 670 g/mol. The lowest BCUT2D eigenvalue weighted by Gasteiger charge is -2.28. The van der Waals surface area contributed by atoms with Gasteiger partial charge in [0, 0.05) is 21.7 Å². The first kappa shape index (κ1) is 30.3. The van der Waals surface area contributed by atoms with Crippen molar-refractivity contribution in [3.8, 4) is 45.6 Å². The number of hydrogen-bond acceptors (Lipinski definition) is 6. The van der Waals surface area contributed by atoms with E-state index in [4.69, 9.17) is 28.4 Å². The summed E-state index contributed by atoms with van der Waals surface area (Å²) in [6.07, 6.45) is 0. The van der Waals surface area contributed by atoms with E-state index >= 15 is 0 Å². The van der Waals surface area contributed by atoms with Crippen LogP contribution in [0.25, 0.3) is 11.1 Å². The molecule has 2 aliphatic heterocycles. The van der Waals surface area contributed by atoms with E-state index < -0.39 is 15.8 Å². The Labute approximate surface area is 282 Å². The third kappa shape index (κ3) is 5.32. The Morgan fingerprint density at radius 2 is 0.708 bits per heavy atom. The van der Waals surface area contributed by atoms with Crippen LogP contribution < -0.4 is 60.2 Å². The van der Waals surface area contributed by atoms with E-state index in [1.165, 1.54) is 21.2 Å². The molecule has 6 aromatic carbocycles. The summed E-state index contributed by atoms with van der Waals surface area (Å²) in [5.41, 5.74) is 1.81. The molecule has 2 heterocycles. The van der Waals surface area contributed by atoms with E-state index in [0.29, 0.717) is 34.5 Å². The average molecular weight is 671 g/mol. The minimum atomic E-state index is -1.11. The number of rotatable bonds is 9. The molecule has 0 bridgehead atoms. The number of benzene rings is 6. The molecule has 0 fully saturated rings. The van der Waals surface area contributed by atoms with Gasteiger partial charge in [0.15, 0.2) is 23.0 Å². The second kappa shape index (κ2) is 13.2. The maximum atomic E-state index is 6.44. The summed E-state index contributed by atoms with van der Waals surface area (Å²) in [5, 5.41) is 6.89. The summed E-state index contributed by atoms with van der Waals surface area (Å²) in [7, 11) is 1.12. The van der Waals surface area contributed by atoms with Gasteiger partial charge in [0.2, 0.25) is 25.1 Å². The van der Waals surface area contributed by atoms with Crippen LogP contribution in [0.2, 0.25) is 0 Å². The molecule has 0 saturated carbocycles. The van der Waals surface area contributed by atoms with Gasteiger partial charge in [-0.3, -0.25) is 0 Å². The van der Waals surface area contributed by atoms with E-state index in [9.17, 15) is 0 Å². The van der Waals surface area contributed by atoms with E-state index in [1.54, 1.807) is 14.2 Å². The lowest BCUT2D eigenvalue weighted by Crippen LogP contribution is -2.26. The van der Waals surface area contributed by atoms with Crippen LogP contribution in [0.4, 0.5) is 0 Å². The molecule has 0 spiro atoms. The summed E-state index contributed by atoms with van der Waals surface area (Å²) >= 11 is 0. The molecular formula is C40H32O6P2. The predicted octanol–water partition coefficient (Wildman–Crippen LogP) is 6.34. The van der Waals surface area contributed by atoms with Gasteiger partial charge in [0.1, 0.15) is 0 Å². The van der Waals surface area contributed by atoms with E-state index in [-0.39, 0.29) is 13.6 Å². The largest absolute Gasteiger partial charge is 0.493 e. The fourth-order valence-electron chi connectivity index (χ4n) is 6.35. The van der Waals surface area contributed by atoms with Crippen LogP contribution in [0.3, 0.4) is 0 Å². The standard InChI is InChI=1S/C40H32O6P2/c1-41-31-23-33(47(27-15-7-3-8-16-27)28-17-9-4-10-18-28)35(39-37(31)43-25-45-39)36-34(24-32(42-2)38-40(36)46-26-44-38)48(29-19-11-5-12-20-29)30-21-13-6-14-22-30/h3-24H,25-26H2,1-2H3. The van der Waals surface area contributed by atoms with Gasteiger partial charge in [0.05, 0.1) is 14.2 Å². The van der Waals surface area contributed by atoms with Crippen molar-refractivity contribution < 1.29 is 28.4 Å². The number of methoxy groups -OCH3 is 2. The quantitative estimate of drug-likeness (QED) is 0.167. The third-order valence-electron chi connectivity index (χ3n) is 8.40. The molecule has 0 saturated heterocycles. The highest BCUT2D eigenvalue weighted by molar-refractivity contribution is 7.80. The minimum absolute atomic E-state index is 0.0773. The summed E-state index contributed by atoms with van der Waals surface area (Å²) in [4.78, 5) is 0. The van der Waals surface area contributed by atoms with E-state index in [2.05, 4.69) is 133 Å². The number of hydrogen-bond donors (Lipinski definition) is 0. The smallest absolute Gasteiger partial charge is 0.231 e. The minimum Gasteiger partial charge on any atom is -0.493 e. The van der Waals surface area contributed by atoms with Gasteiger partial charge in [-0.2, -0.15) is 0 Å². The Bertz CT molecular complexity index is 1830. The van der Waals surface area contributed by atoms with Crippen molar-refractivity contribution in [2.45, 2.75) is 0 Å². The first-order valence-corrected chi connectivity index (χ1v) is 18.3. The molecule has 0 amide bonds. The molecule has 0 N–H and O–H groups in total. The molecule has 2 aliphatic rings. The van der Waals surface area contributed by atoms with Crippen LogP contribution in [0.15, 0.2) is 133 Å². The highest BCUT2D eigenvalue weighted by Crippen LogP contribution is 2.57. The fourth-order valence-corrected chi connectivity index (χ4v) is 11.3. The maximum Gasteiger partial charge on any atom is 0.231 e. The van der Waals surface area contributed by atoms with Crippen molar-refractivity contribution in [3.05, 3.63) is 133 Å². The zero-order valence-corrected chi connectivity index (χ0v) is 28.2. The van der Waals surface area contributed by atoms with E-state index in [1.807, 2.05) is 0 Å². The summed E-state index contributed by atoms with van der Waals surface area (Å²) < 4.78 is 37.1. The lowest BCUT2D eigenvalue weighted by atomic mass is 10.0. The van der Waals surface area contributed by atoms with Gasteiger partial charge in [-0.05, 0) is 49.2 Å². The van der Waals surface area contributed by atoms with Crippen LogP contribution >= 0.6 is 15.8 Å². The van der Waals surface area contributed by atoms with Crippen molar-refractivity contribution in [2.75, 3.05) is 27.8 Å². The third-order valence-corrected chi connectivity index (χ3v) is 13.3. The molecule has 0 unspecified atom stereocenters. The van der Waals surface area contributed by atoms with Gasteiger partial charge in [-0.1, -0.05) is 121 Å². The van der Waals surface area contributed by atoms with Crippen molar-refractivity contribution in [1.29, 1.82) is 0 Å². The normalized spacial score (nSPS) is 12.8. The van der Waals surface area contributed by atoms with Gasteiger partial charge < -0.3 is 28.4 Å². The van der Waals surface area contributed by atoms with Crippen LogP contribution in [-0.4, -0.2) is 27.8 Å². The first-order valence-electron chi connectivity index (χ1n) is 15.6. The second-order valence-corrected chi connectivity index (χ2v) is 15.5. The first-order chi connectivity index (χ1) is 23.8. The zero-order valence-electron chi connectivity index (χ0n) is 26.5. The maximum absolute atomic E-state index is 6.44. The van der Waals surface area contributed by atoms with E-state index in [0.717, 1.165) is 21.7 Å². The topological polar surface area (TPSA) is 55.4 Å². The fraction of sp³-hybridized carbons (Fsp3) is 0.100. The number of ether oxygens (including phenoxy) is 6. The summed E-state index contributed by atoms with van der Waals surface area (Å²) in [6.45, 7) is 0.155. The Morgan fingerprint density at radius 3 is 1.00 bits per heavy atom. The van der Waals surface area contributed by atoms with Crippen molar-refractivity contribution in [2.24, 2.45) is 0 Å². The SMILES string of the molecule is COc1cc(P(c2ccccc2)c2ccccc2)c(-c2c(P(c3ccccc3)c3ccccc3)cc(OC)c3c2OCO3)c2c1OCO2. The Morgan fingerprint density at radius 1 is 0.417 bits per heavy atom. The average Bonchev–Trinajstić information content (AvgIpc) is 3.85. The Balaban J connectivity index is 1.52. The molecule has 8 heteroatoms. The van der Waals surface area contributed by atoms with Crippen molar-refractivity contribution >= 4 is 47.7 Å². The van der Waals surface area contributed by atoms with Crippen LogP contribution in [-0.2, 0) is 0 Å². The highest BCUT2D eigenvalue weighted by atomic mass is 31.1. The Hall–Kier alpha value is -5.02. The van der Waals surface area contributed by atoms with Gasteiger partial charge in [-0.15, -0.1) is 0 Å². The lowest BCUT2D eigenvalue weighted by molar-refractivity contribution is 0.170. The Kier molecular flexibility index (Phi) is 8.36. The summed E-state index contributed by atoms with van der Waals surface area (Å²) in [6, 6.07) is 46.7. The molecule has 238 valence electrons. The molecule has 0 atom stereocenters. The molecular weight excluding hydrogens is 638 g/mol. The molecule has 0 radical (unpaired) electrons. The summed E-state index contributed by atoms with van der Waals surface area (Å²) in [5.74, 6) is 3.65. The molecule has 6 nitrogen and oxygen atoms in total. The van der Waals surface area contributed by atoms with Crippen LogP contribution in [0, 0.1) is 0 Å². The molecule has 0 aromatic heterocycles. The van der Waals surface area contributed by atoms with Gasteiger partial charge in [0.25, 0.3) is 0 Å². The van der Waals surface area contributed by atoms with Gasteiger partial charge in [-0.25, -0.2) is 0 Å². The molecule has 48 heavy (non-hydrogen) atoms. The predicted molar refractivity (Wildman–Crippen MR) is 195 cm³/mol. The molecule has 6 aromatic rings. The van der Waals surface area contributed by atoms with Gasteiger partial charge >= 0.3 is 0 Å². The van der Waals surface area contributed by atoms with Crippen LogP contribution in [0.1, 0.15) is 0 Å². The molecule has 0 aliphatic carbocycles. The zero-order chi connectivity index (χ0) is 32.5. The van der Waals surface area contributed by atoms with Crippen LogP contribution in [0.5, 0.6) is 34.5 Å². The second-order valence-electron chi connectivity index (χ2n) is 11.1. The number of fused-ring (bicyclic) bond motifs is 2. The highest BCUT2D eigenvalue weighted by Gasteiger charge is 2.38. The van der Waals surface area contributed by atoms with Crippen molar-refractivity contribution in [1.82, 2.24) is 0 Å².